The molecule has 0 aromatic rings. The first-order chi connectivity index (χ1) is 1.00. The summed E-state index contributed by atoms with van der Waals surface area (Å²) in [6.45, 7) is 0. The van der Waals surface area contributed by atoms with Crippen molar-refractivity contribution in [3.05, 3.63) is 5.21 Å². The average Bonchev–Trinajstić information content (AvgIpc) is 1.00. The van der Waals surface area contributed by atoms with Gasteiger partial charge in [-0.1, -0.05) is 0 Å². The van der Waals surface area contributed by atoms with Crippen molar-refractivity contribution in [2.24, 2.45) is 0 Å². The second-order valence-electron chi connectivity index (χ2n) is 0. The molecular formula is H3NOTi3W3. The van der Waals surface area contributed by atoms with E-state index in [-0.39, 0.29) is 128 Å². The number of rotatable bonds is 0. The van der Waals surface area contributed by atoms with E-state index >= 15 is 0 Å². The van der Waals surface area contributed by atoms with Gasteiger partial charge in [0.05, 0.1) is 0 Å². The fraction of sp³-hybridized carbons (Fsp3) is 0. The summed E-state index contributed by atoms with van der Waals surface area (Å²) in [5, 5.41) is 8.00. The van der Waals surface area contributed by atoms with Gasteiger partial charge in [-0.3, -0.25) is 0 Å². The third kappa shape index (κ3) is 49.5. The van der Waals surface area contributed by atoms with Crippen LogP contribution in [0.25, 0.3) is 0 Å². The summed E-state index contributed by atoms with van der Waals surface area (Å²) in [5.74, 6) is 2.00. The molecule has 0 radical (unpaired) electrons. The van der Waals surface area contributed by atoms with Crippen LogP contribution < -0.4 is 5.90 Å². The van der Waals surface area contributed by atoms with E-state index in [4.69, 9.17) is 5.21 Å². The van der Waals surface area contributed by atoms with Crippen LogP contribution in [0.1, 0.15) is 0 Å². The molecule has 0 rings (SSSR count). The van der Waals surface area contributed by atoms with Crippen LogP contribution in [0, 0.1) is 5.21 Å². The van der Waals surface area contributed by atoms with Crippen LogP contribution in [0.4, 0.5) is 0 Å². The van der Waals surface area contributed by atoms with Gasteiger partial charge in [-0.25, -0.2) is 0 Å². The van der Waals surface area contributed by atoms with Crippen LogP contribution in [0.3, 0.4) is 0 Å². The molecule has 0 saturated carbocycles. The van der Waals surface area contributed by atoms with Gasteiger partial charge in [-0.2, -0.15) is 0 Å². The predicted octanol–water partition coefficient (Wildman–Crippen LogP) is -1.29. The zero-order valence-corrected chi connectivity index (χ0v) is 17.3. The summed E-state index contributed by atoms with van der Waals surface area (Å²) in [5.41, 5.74) is 0. The van der Waals surface area contributed by atoms with E-state index in [0.29, 0.717) is 0 Å². The molecule has 3 N–H and O–H groups in total. The fourth-order valence-corrected chi connectivity index (χ4v) is 0. The minimum absolute atomic E-state index is 0. The van der Waals surface area contributed by atoms with E-state index in [1.165, 1.54) is 0 Å². The van der Waals surface area contributed by atoms with Gasteiger partial charge in [-0.15, -0.1) is 0 Å². The summed E-state index contributed by atoms with van der Waals surface area (Å²) in [6, 6.07) is 0. The summed E-state index contributed by atoms with van der Waals surface area (Å²) in [4.78, 5) is 0. The normalized spacial score (nSPS) is 0.750. The number of hydrogen-bond donors (Lipinski definition) is 1. The van der Waals surface area contributed by atoms with E-state index < -0.39 is 0 Å². The number of quaternary nitrogens is 1. The van der Waals surface area contributed by atoms with Crippen LogP contribution >= 0.6 is 0 Å². The van der Waals surface area contributed by atoms with Crippen molar-refractivity contribution in [2.75, 3.05) is 0 Å². The van der Waals surface area contributed by atoms with E-state index in [9.17, 15) is 0 Å². The van der Waals surface area contributed by atoms with Crippen molar-refractivity contribution in [1.82, 2.24) is 0 Å². The van der Waals surface area contributed by atoms with Gasteiger partial charge in [0, 0.05) is 128 Å². The van der Waals surface area contributed by atoms with Crippen molar-refractivity contribution >= 4 is 0 Å². The van der Waals surface area contributed by atoms with Crippen LogP contribution in [0.2, 0.25) is 0 Å². The van der Waals surface area contributed by atoms with Gasteiger partial charge in [0.25, 0.3) is 0 Å². The van der Waals surface area contributed by atoms with Crippen molar-refractivity contribution in [3.63, 3.8) is 0 Å². The van der Waals surface area contributed by atoms with Crippen molar-refractivity contribution in [3.8, 4) is 0 Å². The standard InChI is InChI=1S/H3NO.3Ti.3W/c1-2;;;;;;/h1H3;;;;;;. The molecule has 0 aromatic heterocycles. The molecule has 0 saturated heterocycles. The Labute approximate surface area is 137 Å². The van der Waals surface area contributed by atoms with Crippen LogP contribution in [-0.2, 0) is 128 Å². The van der Waals surface area contributed by atoms with Crippen LogP contribution in [-0.4, -0.2) is 0 Å². The molecule has 0 aliphatic rings. The molecule has 0 aromatic carbocycles. The Balaban J connectivity index is -0.000000000333. The summed E-state index contributed by atoms with van der Waals surface area (Å²) < 4.78 is 0. The SMILES string of the molecule is [NH3+][O-].[Ti].[Ti].[Ti].[W].[W].[W]. The van der Waals surface area contributed by atoms with Crippen molar-refractivity contribution in [2.45, 2.75) is 0 Å². The minimum atomic E-state index is 0. The molecule has 0 atom stereocenters. The van der Waals surface area contributed by atoms with Gasteiger partial charge >= 0.3 is 0 Å². The fourth-order valence-electron chi connectivity index (χ4n) is 0. The first-order valence-electron chi connectivity index (χ1n) is 0.289. The molecule has 0 bridgehead atoms. The molecule has 0 heterocycles. The maximum absolute atomic E-state index is 8.00. The number of hydrogen-bond acceptors (Lipinski definition) is 1. The van der Waals surface area contributed by atoms with Gasteiger partial charge in [0.2, 0.25) is 0 Å². The molecule has 0 amide bonds. The maximum Gasteiger partial charge on any atom is 0 e. The third-order valence-corrected chi connectivity index (χ3v) is 0. The monoisotopic (exact) mass is 729 g/mol. The van der Waals surface area contributed by atoms with Gasteiger partial charge in [0.15, 0.2) is 0 Å². The second kappa shape index (κ2) is 67.0. The van der Waals surface area contributed by atoms with Gasteiger partial charge in [0.1, 0.15) is 0 Å². The molecule has 0 aliphatic heterocycles. The van der Waals surface area contributed by atoms with Crippen LogP contribution in [0.15, 0.2) is 0 Å². The minimum Gasteiger partial charge on any atom is -0.637 e. The Kier molecular flexibility index (Phi) is 478. The van der Waals surface area contributed by atoms with E-state index in [1.54, 1.807) is 0 Å². The van der Waals surface area contributed by atoms with E-state index in [2.05, 4.69) is 0 Å². The third-order valence-electron chi connectivity index (χ3n) is 0. The van der Waals surface area contributed by atoms with E-state index in [1.807, 2.05) is 5.90 Å². The Morgan fingerprint density at radius 2 is 0.625 bits per heavy atom. The zero-order valence-electron chi connectivity index (χ0n) is 3.84. The quantitative estimate of drug-likeness (QED) is 0.246. The van der Waals surface area contributed by atoms with Gasteiger partial charge < -0.3 is 11.1 Å². The second-order valence-corrected chi connectivity index (χ2v) is 0. The molecule has 0 spiro atoms. The maximum atomic E-state index is 8.00. The molecule has 0 aliphatic carbocycles. The smallest absolute Gasteiger partial charge is 0 e. The van der Waals surface area contributed by atoms with Gasteiger partial charge in [-0.05, 0) is 0 Å². The zero-order chi connectivity index (χ0) is 2.00. The summed E-state index contributed by atoms with van der Waals surface area (Å²) in [6.07, 6.45) is 0. The van der Waals surface area contributed by atoms with E-state index in [0.717, 1.165) is 0 Å². The largest absolute Gasteiger partial charge is 0.637 e. The predicted molar refractivity (Wildman–Crippen MR) is 6.26 cm³/mol. The topological polar surface area (TPSA) is 50.7 Å². The Morgan fingerprint density at radius 3 is 0.625 bits per heavy atom. The molecule has 44 valence electrons. The van der Waals surface area contributed by atoms with Crippen LogP contribution in [0.5, 0.6) is 0 Å². The molecule has 8 heavy (non-hydrogen) atoms. The summed E-state index contributed by atoms with van der Waals surface area (Å²) in [7, 11) is 0. The average molecular weight is 728 g/mol. The Hall–Kier alpha value is 4.13. The molecular weight excluding hydrogens is 725 g/mol. The first kappa shape index (κ1) is 57.1. The van der Waals surface area contributed by atoms with Crippen molar-refractivity contribution in [1.29, 1.82) is 0 Å². The first-order valence-corrected chi connectivity index (χ1v) is 0.289. The van der Waals surface area contributed by atoms with Crippen molar-refractivity contribution < 1.29 is 134 Å². The Bertz CT molecular complexity index is 14.5. The molecule has 8 heteroatoms. The Morgan fingerprint density at radius 1 is 0.625 bits per heavy atom. The molecule has 2 nitrogen and oxygen atoms in total. The molecule has 0 unspecified atom stereocenters. The molecule has 0 fully saturated rings. The summed E-state index contributed by atoms with van der Waals surface area (Å²) >= 11 is 0.